The summed E-state index contributed by atoms with van der Waals surface area (Å²) in [7, 11) is 1.64. The Balaban J connectivity index is 1.54. The summed E-state index contributed by atoms with van der Waals surface area (Å²) in [6.45, 7) is 0.489. The second-order valence-electron chi connectivity index (χ2n) is 5.61. The van der Waals surface area contributed by atoms with Crippen LogP contribution in [0, 0.1) is 0 Å². The number of carbonyl (C=O) groups is 1. The topological polar surface area (TPSA) is 51.2 Å². The molecule has 5 heteroatoms. The zero-order valence-electron chi connectivity index (χ0n) is 14.1. The van der Waals surface area contributed by atoms with E-state index in [2.05, 4.69) is 10.3 Å². The zero-order chi connectivity index (χ0) is 17.5. The van der Waals surface area contributed by atoms with E-state index in [0.29, 0.717) is 19.4 Å². The molecule has 0 aliphatic rings. The number of carbonyl (C=O) groups excluding carboxylic acids is 1. The van der Waals surface area contributed by atoms with E-state index in [-0.39, 0.29) is 5.91 Å². The first-order chi connectivity index (χ1) is 12.3. The Morgan fingerprint density at radius 2 is 2.00 bits per heavy atom. The molecule has 0 atom stereocenters. The van der Waals surface area contributed by atoms with Crippen molar-refractivity contribution in [1.29, 1.82) is 0 Å². The maximum Gasteiger partial charge on any atom is 0.220 e. The number of amides is 1. The summed E-state index contributed by atoms with van der Waals surface area (Å²) in [5.74, 6) is 0.864. The summed E-state index contributed by atoms with van der Waals surface area (Å²) in [5.41, 5.74) is 3.09. The lowest BCUT2D eigenvalue weighted by Crippen LogP contribution is -2.23. The Morgan fingerprint density at radius 3 is 2.72 bits per heavy atom. The minimum Gasteiger partial charge on any atom is -0.497 e. The van der Waals surface area contributed by atoms with Crippen LogP contribution < -0.4 is 10.1 Å². The predicted molar refractivity (Wildman–Crippen MR) is 101 cm³/mol. The molecule has 0 fully saturated rings. The van der Waals surface area contributed by atoms with Crippen molar-refractivity contribution in [2.75, 3.05) is 7.11 Å². The van der Waals surface area contributed by atoms with Gasteiger partial charge in [-0.25, -0.2) is 0 Å². The molecule has 1 N–H and O–H groups in total. The molecular weight excluding hydrogens is 332 g/mol. The van der Waals surface area contributed by atoms with Gasteiger partial charge in [0.15, 0.2) is 0 Å². The predicted octanol–water partition coefficient (Wildman–Crippen LogP) is 4.07. The van der Waals surface area contributed by atoms with Crippen LogP contribution in [0.25, 0.3) is 10.6 Å². The first-order valence-electron chi connectivity index (χ1n) is 8.13. The lowest BCUT2D eigenvalue weighted by atomic mass is 10.1. The molecule has 4 nitrogen and oxygen atoms in total. The standard InChI is InChI=1S/C20H20N2O2S/c1-24-17-9-6-15(7-10-17)8-11-19(23)22-14-16-4-2-12-21-20(16)18-5-3-13-25-18/h2-7,9-10,12-13H,8,11,14H2,1H3,(H,22,23). The molecule has 0 saturated heterocycles. The van der Waals surface area contributed by atoms with Gasteiger partial charge in [-0.15, -0.1) is 11.3 Å². The summed E-state index contributed by atoms with van der Waals surface area (Å²) in [5, 5.41) is 5.02. The van der Waals surface area contributed by atoms with Crippen LogP contribution in [0.3, 0.4) is 0 Å². The second kappa shape index (κ2) is 8.44. The van der Waals surface area contributed by atoms with Crippen molar-refractivity contribution in [1.82, 2.24) is 10.3 Å². The van der Waals surface area contributed by atoms with Crippen LogP contribution in [0.5, 0.6) is 5.75 Å². The molecule has 128 valence electrons. The molecule has 0 unspecified atom stereocenters. The summed E-state index contributed by atoms with van der Waals surface area (Å²) < 4.78 is 5.14. The number of thiophene rings is 1. The van der Waals surface area contributed by atoms with Crippen molar-refractivity contribution in [3.05, 3.63) is 71.2 Å². The first-order valence-corrected chi connectivity index (χ1v) is 9.01. The molecule has 0 spiro atoms. The molecule has 3 rings (SSSR count). The zero-order valence-corrected chi connectivity index (χ0v) is 14.9. The SMILES string of the molecule is COc1ccc(CCC(=O)NCc2cccnc2-c2cccs2)cc1. The fourth-order valence-electron chi connectivity index (χ4n) is 2.55. The van der Waals surface area contributed by atoms with E-state index in [1.165, 1.54) is 0 Å². The van der Waals surface area contributed by atoms with Gasteiger partial charge in [0.1, 0.15) is 5.75 Å². The summed E-state index contributed by atoms with van der Waals surface area (Å²) in [6, 6.07) is 15.8. The Kier molecular flexibility index (Phi) is 5.80. The van der Waals surface area contributed by atoms with Crippen molar-refractivity contribution in [2.24, 2.45) is 0 Å². The molecule has 1 aromatic carbocycles. The molecule has 0 saturated carbocycles. The van der Waals surface area contributed by atoms with Crippen LogP contribution in [0.4, 0.5) is 0 Å². The monoisotopic (exact) mass is 352 g/mol. The normalized spacial score (nSPS) is 10.4. The maximum atomic E-state index is 12.2. The first kappa shape index (κ1) is 17.2. The van der Waals surface area contributed by atoms with Gasteiger partial charge in [0, 0.05) is 19.2 Å². The number of benzene rings is 1. The van der Waals surface area contributed by atoms with Crippen LogP contribution in [0.1, 0.15) is 17.5 Å². The van der Waals surface area contributed by atoms with Crippen molar-refractivity contribution in [2.45, 2.75) is 19.4 Å². The quantitative estimate of drug-likeness (QED) is 0.697. The number of methoxy groups -OCH3 is 1. The Bertz CT molecular complexity index is 814. The van der Waals surface area contributed by atoms with Crippen molar-refractivity contribution in [3.8, 4) is 16.3 Å². The summed E-state index contributed by atoms with van der Waals surface area (Å²) in [4.78, 5) is 17.7. The van der Waals surface area contributed by atoms with Gasteiger partial charge in [0.05, 0.1) is 17.7 Å². The highest BCUT2D eigenvalue weighted by Gasteiger charge is 2.09. The Hall–Kier alpha value is -2.66. The van der Waals surface area contributed by atoms with Gasteiger partial charge < -0.3 is 10.1 Å². The Morgan fingerprint density at radius 1 is 1.16 bits per heavy atom. The summed E-state index contributed by atoms with van der Waals surface area (Å²) in [6.07, 6.45) is 2.95. The number of nitrogens with zero attached hydrogens (tertiary/aromatic N) is 1. The highest BCUT2D eigenvalue weighted by atomic mass is 32.1. The molecule has 1 amide bonds. The molecular formula is C20H20N2O2S. The summed E-state index contributed by atoms with van der Waals surface area (Å²) >= 11 is 1.65. The maximum absolute atomic E-state index is 12.2. The average Bonchev–Trinajstić information content (AvgIpc) is 3.20. The molecule has 3 aromatic rings. The van der Waals surface area contributed by atoms with Crippen molar-refractivity contribution < 1.29 is 9.53 Å². The van der Waals surface area contributed by atoms with E-state index in [1.54, 1.807) is 24.6 Å². The molecule has 25 heavy (non-hydrogen) atoms. The minimum atomic E-state index is 0.0387. The largest absolute Gasteiger partial charge is 0.497 e. The molecule has 0 radical (unpaired) electrons. The van der Waals surface area contributed by atoms with E-state index in [0.717, 1.165) is 27.4 Å². The number of hydrogen-bond acceptors (Lipinski definition) is 4. The van der Waals surface area contributed by atoms with Gasteiger partial charge in [-0.2, -0.15) is 0 Å². The third-order valence-electron chi connectivity index (χ3n) is 3.92. The van der Waals surface area contributed by atoms with Crippen molar-refractivity contribution in [3.63, 3.8) is 0 Å². The average molecular weight is 352 g/mol. The van der Waals surface area contributed by atoms with Crippen LogP contribution in [-0.4, -0.2) is 18.0 Å². The molecule has 2 heterocycles. The van der Waals surface area contributed by atoms with Gasteiger partial charge in [0.25, 0.3) is 0 Å². The van der Waals surface area contributed by atoms with E-state index in [9.17, 15) is 4.79 Å². The van der Waals surface area contributed by atoms with Crippen LogP contribution in [0.15, 0.2) is 60.1 Å². The second-order valence-corrected chi connectivity index (χ2v) is 6.56. The molecule has 0 aliphatic carbocycles. The lowest BCUT2D eigenvalue weighted by Gasteiger charge is -2.09. The van der Waals surface area contributed by atoms with E-state index in [1.807, 2.05) is 53.9 Å². The number of aromatic nitrogens is 1. The highest BCUT2D eigenvalue weighted by molar-refractivity contribution is 7.13. The highest BCUT2D eigenvalue weighted by Crippen LogP contribution is 2.25. The number of rotatable bonds is 7. The third kappa shape index (κ3) is 4.67. The number of pyridine rings is 1. The number of ether oxygens (including phenoxy) is 1. The van der Waals surface area contributed by atoms with E-state index >= 15 is 0 Å². The van der Waals surface area contributed by atoms with Crippen LogP contribution >= 0.6 is 11.3 Å². The van der Waals surface area contributed by atoms with Gasteiger partial charge in [-0.1, -0.05) is 24.3 Å². The third-order valence-corrected chi connectivity index (χ3v) is 4.80. The Labute approximate surface area is 151 Å². The molecule has 0 bridgehead atoms. The molecule has 0 aliphatic heterocycles. The lowest BCUT2D eigenvalue weighted by molar-refractivity contribution is -0.121. The van der Waals surface area contributed by atoms with E-state index < -0.39 is 0 Å². The number of nitrogens with one attached hydrogen (secondary N) is 1. The van der Waals surface area contributed by atoms with E-state index in [4.69, 9.17) is 4.74 Å². The van der Waals surface area contributed by atoms with Gasteiger partial charge in [0.2, 0.25) is 5.91 Å². The fourth-order valence-corrected chi connectivity index (χ4v) is 3.30. The van der Waals surface area contributed by atoms with Crippen LogP contribution in [-0.2, 0) is 17.8 Å². The smallest absolute Gasteiger partial charge is 0.220 e. The van der Waals surface area contributed by atoms with Gasteiger partial charge >= 0.3 is 0 Å². The van der Waals surface area contributed by atoms with Gasteiger partial charge in [-0.3, -0.25) is 9.78 Å². The van der Waals surface area contributed by atoms with Gasteiger partial charge in [-0.05, 0) is 47.2 Å². The van der Waals surface area contributed by atoms with Crippen LogP contribution in [0.2, 0.25) is 0 Å². The fraction of sp³-hybridized carbons (Fsp3) is 0.200. The minimum absolute atomic E-state index is 0.0387. The number of hydrogen-bond donors (Lipinski definition) is 1. The number of aryl methyl sites for hydroxylation is 1. The van der Waals surface area contributed by atoms with Crippen molar-refractivity contribution >= 4 is 17.2 Å². The molecule has 2 aromatic heterocycles.